The number of hydrogen-bond acceptors (Lipinski definition) is 2. The van der Waals surface area contributed by atoms with Crippen molar-refractivity contribution in [1.82, 2.24) is 0 Å². The molecule has 3 atom stereocenters. The quantitative estimate of drug-likeness (QED) is 0.315. The number of fused-ring (bicyclic) bond motifs is 4. The third kappa shape index (κ3) is 3.10. The zero-order valence-corrected chi connectivity index (χ0v) is 21.4. The predicted molar refractivity (Wildman–Crippen MR) is 138 cm³/mol. The highest BCUT2D eigenvalue weighted by molar-refractivity contribution is 8.00. The molecule has 4 aromatic rings. The van der Waals surface area contributed by atoms with Gasteiger partial charge in [-0.1, -0.05) is 85.5 Å². The third-order valence-electron chi connectivity index (χ3n) is 6.68. The van der Waals surface area contributed by atoms with Gasteiger partial charge < -0.3 is 4.55 Å². The van der Waals surface area contributed by atoms with Crippen LogP contribution in [0.25, 0.3) is 11.1 Å². The Labute approximate surface area is 193 Å². The van der Waals surface area contributed by atoms with E-state index in [4.69, 9.17) is 0 Å². The van der Waals surface area contributed by atoms with Crippen LogP contribution in [0.15, 0.2) is 105 Å². The van der Waals surface area contributed by atoms with Crippen molar-refractivity contribution in [3.63, 3.8) is 0 Å². The molecule has 1 nitrogen and oxygen atoms in total. The van der Waals surface area contributed by atoms with E-state index in [9.17, 15) is 4.55 Å². The van der Waals surface area contributed by atoms with Crippen molar-refractivity contribution < 1.29 is 4.55 Å². The van der Waals surface area contributed by atoms with Gasteiger partial charge in [-0.25, -0.2) is 0 Å². The van der Waals surface area contributed by atoms with Crippen molar-refractivity contribution in [3.05, 3.63) is 84.9 Å². The molecule has 0 radical (unpaired) electrons. The highest BCUT2D eigenvalue weighted by atomic mass is 32.2. The van der Waals surface area contributed by atoms with E-state index in [-0.39, 0.29) is 0 Å². The maximum Gasteiger partial charge on any atom is 0.158 e. The molecule has 0 bridgehead atoms. The third-order valence-corrected chi connectivity index (χ3v) is 16.0. The minimum atomic E-state index is -1.30. The molecule has 5 heteroatoms. The molecular formula is C26H22OS2Si2. The summed E-state index contributed by atoms with van der Waals surface area (Å²) in [6.45, 7) is 4.79. The molecular weight excluding hydrogens is 449 g/mol. The summed E-state index contributed by atoms with van der Waals surface area (Å²) in [7, 11) is -2.44. The zero-order chi connectivity index (χ0) is 21.1. The van der Waals surface area contributed by atoms with Gasteiger partial charge in [-0.3, -0.25) is 0 Å². The van der Waals surface area contributed by atoms with Crippen LogP contribution in [0.1, 0.15) is 0 Å². The Morgan fingerprint density at radius 2 is 1.19 bits per heavy atom. The Balaban J connectivity index is 1.42. The van der Waals surface area contributed by atoms with Crippen LogP contribution in [0.2, 0.25) is 13.1 Å². The number of hydrogen-bond donors (Lipinski definition) is 0. The summed E-state index contributed by atoms with van der Waals surface area (Å²) in [6, 6.07) is 30.8. The standard InChI is InChI=1S/C26H22OS2Si2/c1-30-23-9-5-3-7-19(23)28-20-15-17(11-13-24(20)30)18-12-14-26-22(16-18)29(27)21-8-4-6-10-25(21)31(26)2/h3-16,30-31H,1-2H3/t29?,30-,31+/m0/s1. The van der Waals surface area contributed by atoms with Gasteiger partial charge in [0.15, 0.2) is 9.79 Å². The van der Waals surface area contributed by atoms with Crippen molar-refractivity contribution in [2.75, 3.05) is 0 Å². The van der Waals surface area contributed by atoms with E-state index >= 15 is 0 Å². The van der Waals surface area contributed by atoms with Gasteiger partial charge >= 0.3 is 0 Å². The molecule has 31 heavy (non-hydrogen) atoms. The summed E-state index contributed by atoms with van der Waals surface area (Å²) in [5.41, 5.74) is 2.39. The fourth-order valence-electron chi connectivity index (χ4n) is 4.90. The highest BCUT2D eigenvalue weighted by Gasteiger charge is 2.34. The van der Waals surface area contributed by atoms with Gasteiger partial charge in [0.1, 0.15) is 17.6 Å². The van der Waals surface area contributed by atoms with Crippen LogP contribution in [0, 0.1) is 0 Å². The van der Waals surface area contributed by atoms with Gasteiger partial charge in [0.2, 0.25) is 0 Å². The SMILES string of the molecule is C[Si@H]1c2ccccc2Sc2cc(-c3ccc4c(c3)[S+]([O-])c3ccccc3[Si@H]4C)ccc21. The Bertz CT molecular complexity index is 1340. The molecule has 0 amide bonds. The Morgan fingerprint density at radius 3 is 2.03 bits per heavy atom. The lowest BCUT2D eigenvalue weighted by molar-refractivity contribution is 0.596. The van der Waals surface area contributed by atoms with Gasteiger partial charge in [-0.05, 0) is 50.1 Å². The molecule has 0 aromatic heterocycles. The first-order valence-corrected chi connectivity index (χ1v) is 17.3. The first-order chi connectivity index (χ1) is 15.1. The molecule has 2 aliphatic heterocycles. The molecule has 2 aliphatic rings. The second-order valence-electron chi connectivity index (χ2n) is 8.40. The second kappa shape index (κ2) is 7.53. The maximum absolute atomic E-state index is 13.4. The minimum absolute atomic E-state index is 1.02. The molecule has 0 saturated heterocycles. The first-order valence-electron chi connectivity index (χ1n) is 10.7. The summed E-state index contributed by atoms with van der Waals surface area (Å²) in [5.74, 6) is 0. The molecule has 4 aromatic carbocycles. The largest absolute Gasteiger partial charge is 0.606 e. The summed E-state index contributed by atoms with van der Waals surface area (Å²) in [4.78, 5) is 4.84. The van der Waals surface area contributed by atoms with Crippen molar-refractivity contribution in [2.45, 2.75) is 32.7 Å². The molecule has 152 valence electrons. The van der Waals surface area contributed by atoms with Crippen molar-refractivity contribution in [1.29, 1.82) is 0 Å². The van der Waals surface area contributed by atoms with Crippen LogP contribution in [0.3, 0.4) is 0 Å². The Kier molecular flexibility index (Phi) is 4.77. The lowest BCUT2D eigenvalue weighted by Gasteiger charge is -2.27. The van der Waals surface area contributed by atoms with Crippen LogP contribution in [-0.2, 0) is 11.2 Å². The molecule has 0 fully saturated rings. The lowest BCUT2D eigenvalue weighted by atomic mass is 10.1. The van der Waals surface area contributed by atoms with Gasteiger partial charge in [0.25, 0.3) is 0 Å². The Hall–Kier alpha value is -2.03. The topological polar surface area (TPSA) is 23.1 Å². The maximum atomic E-state index is 13.4. The van der Waals surface area contributed by atoms with Crippen LogP contribution < -0.4 is 20.7 Å². The lowest BCUT2D eigenvalue weighted by Crippen LogP contribution is -2.48. The fourth-order valence-corrected chi connectivity index (χ4v) is 14.5. The summed E-state index contributed by atoms with van der Waals surface area (Å²) >= 11 is 0.801. The number of rotatable bonds is 1. The molecule has 2 heterocycles. The minimum Gasteiger partial charge on any atom is -0.606 e. The summed E-state index contributed by atoms with van der Waals surface area (Å²) < 4.78 is 13.4. The Morgan fingerprint density at radius 1 is 0.613 bits per heavy atom. The van der Waals surface area contributed by atoms with Crippen LogP contribution in [0.4, 0.5) is 0 Å². The van der Waals surface area contributed by atoms with Gasteiger partial charge in [0.05, 0.1) is 0 Å². The van der Waals surface area contributed by atoms with Crippen molar-refractivity contribution >= 4 is 61.3 Å². The molecule has 0 saturated carbocycles. The molecule has 6 rings (SSSR count). The fraction of sp³-hybridized carbons (Fsp3) is 0.0769. The van der Waals surface area contributed by atoms with Crippen LogP contribution >= 0.6 is 11.8 Å². The van der Waals surface area contributed by atoms with E-state index < -0.39 is 28.8 Å². The monoisotopic (exact) mass is 470 g/mol. The molecule has 0 spiro atoms. The molecule has 1 unspecified atom stereocenters. The number of benzene rings is 4. The van der Waals surface area contributed by atoms with E-state index in [0.29, 0.717) is 0 Å². The van der Waals surface area contributed by atoms with Gasteiger partial charge in [-0.15, -0.1) is 0 Å². The average Bonchev–Trinajstić information content (AvgIpc) is 2.82. The average molecular weight is 471 g/mol. The van der Waals surface area contributed by atoms with Crippen molar-refractivity contribution in [2.24, 2.45) is 0 Å². The van der Waals surface area contributed by atoms with E-state index in [2.05, 4.69) is 85.9 Å². The molecule has 0 N–H and O–H groups in total. The van der Waals surface area contributed by atoms with Crippen molar-refractivity contribution in [3.8, 4) is 11.1 Å². The smallest absolute Gasteiger partial charge is 0.158 e. The predicted octanol–water partition coefficient (Wildman–Crippen LogP) is 3.24. The normalized spacial score (nSPS) is 20.9. The van der Waals surface area contributed by atoms with E-state index in [1.807, 2.05) is 23.9 Å². The van der Waals surface area contributed by atoms with Gasteiger partial charge in [0, 0.05) is 27.0 Å². The first kappa shape index (κ1) is 19.6. The van der Waals surface area contributed by atoms with E-state index in [1.54, 1.807) is 5.19 Å². The van der Waals surface area contributed by atoms with E-state index in [0.717, 1.165) is 9.79 Å². The van der Waals surface area contributed by atoms with E-state index in [1.165, 1.54) is 36.5 Å². The van der Waals surface area contributed by atoms with Gasteiger partial charge in [-0.2, -0.15) is 0 Å². The van der Waals surface area contributed by atoms with Crippen LogP contribution in [-0.4, -0.2) is 22.1 Å². The highest BCUT2D eigenvalue weighted by Crippen LogP contribution is 2.34. The zero-order valence-electron chi connectivity index (χ0n) is 17.5. The summed E-state index contributed by atoms with van der Waals surface area (Å²) in [6.07, 6.45) is 0. The molecule has 0 aliphatic carbocycles. The van der Waals surface area contributed by atoms with Crippen LogP contribution in [0.5, 0.6) is 0 Å². The summed E-state index contributed by atoms with van der Waals surface area (Å²) in [5, 5.41) is 5.73. The second-order valence-corrected chi connectivity index (χ2v) is 16.3.